The molecule has 4 aromatic rings. The van der Waals surface area contributed by atoms with Crippen LogP contribution in [0.15, 0.2) is 47.5 Å². The molecule has 0 spiro atoms. The van der Waals surface area contributed by atoms with E-state index in [0.717, 1.165) is 5.56 Å². The number of amides is 1. The molecule has 1 aromatic carbocycles. The number of nitrogens with zero attached hydrogens (tertiary/aromatic N) is 6. The molecule has 0 unspecified atom stereocenters. The molecule has 0 aliphatic carbocycles. The van der Waals surface area contributed by atoms with Crippen LogP contribution in [0.5, 0.6) is 11.9 Å². The monoisotopic (exact) mass is 588 g/mol. The predicted octanol–water partition coefficient (Wildman–Crippen LogP) is 4.81. The number of halogens is 2. The molecule has 1 amide bonds. The summed E-state index contributed by atoms with van der Waals surface area (Å²) in [6.07, 6.45) is 3.05. The van der Waals surface area contributed by atoms with Gasteiger partial charge in [0, 0.05) is 30.5 Å². The normalized spacial score (nSPS) is 14.4. The first-order valence-electron chi connectivity index (χ1n) is 11.7. The number of methoxy groups -OCH3 is 2. The fraction of sp³-hybridized carbons (Fsp3) is 0.269. The number of imidazole rings is 1. The Morgan fingerprint density at radius 2 is 1.69 bits per heavy atom. The van der Waals surface area contributed by atoms with Gasteiger partial charge in [-0.3, -0.25) is 14.5 Å². The van der Waals surface area contributed by atoms with Gasteiger partial charge in [-0.1, -0.05) is 35.3 Å². The molecule has 1 aliphatic heterocycles. The quantitative estimate of drug-likeness (QED) is 0.318. The van der Waals surface area contributed by atoms with E-state index in [1.54, 1.807) is 25.4 Å². The van der Waals surface area contributed by atoms with Crippen molar-refractivity contribution in [3.63, 3.8) is 0 Å². The highest BCUT2D eigenvalue weighted by molar-refractivity contribution is 7.59. The highest BCUT2D eigenvalue weighted by Gasteiger charge is 2.46. The highest BCUT2D eigenvalue weighted by atomic mass is 35.5. The molecule has 0 fully saturated rings. The van der Waals surface area contributed by atoms with Gasteiger partial charge in [0.05, 0.1) is 30.5 Å². The fourth-order valence-electron chi connectivity index (χ4n) is 4.72. The molecular formula is C26H26Cl2N6O4S. The summed E-state index contributed by atoms with van der Waals surface area (Å²) in [6, 6.07) is 7.94. The molecule has 4 heterocycles. The number of fused-ring (bicyclic) bond motifs is 1. The molecule has 0 radical (unpaired) electrons. The highest BCUT2D eigenvalue weighted by Crippen LogP contribution is 2.45. The maximum atomic E-state index is 14.0. The Balaban J connectivity index is 0.00000353. The summed E-state index contributed by atoms with van der Waals surface area (Å²) >= 11 is 12.5. The number of aromatic nitrogens is 5. The molecule has 204 valence electrons. The summed E-state index contributed by atoms with van der Waals surface area (Å²) < 4.78 is 13.9. The van der Waals surface area contributed by atoms with Gasteiger partial charge in [-0.25, -0.2) is 9.97 Å². The number of hydrogen-bond donors (Lipinski definition) is 0. The van der Waals surface area contributed by atoms with E-state index in [9.17, 15) is 9.59 Å². The Labute approximate surface area is 241 Å². The minimum atomic E-state index is -0.685. The third-order valence-corrected chi connectivity index (χ3v) is 6.79. The second-order valence-corrected chi connectivity index (χ2v) is 9.87. The summed E-state index contributed by atoms with van der Waals surface area (Å²) in [5.41, 5.74) is 1.83. The van der Waals surface area contributed by atoms with Gasteiger partial charge >= 0.3 is 6.01 Å². The number of benzene rings is 1. The molecule has 0 N–H and O–H groups in total. The SMILES string of the molecule is COc1ncc(-c2nc3c(n2C(C)C)[C@H](c2ccc(Cl)cc2)N(c2cc(Cl)cn(C)c2=O)C3=O)c(OC)n1.S. The number of rotatable bonds is 6. The smallest absolute Gasteiger partial charge is 0.319 e. The summed E-state index contributed by atoms with van der Waals surface area (Å²) in [5.74, 6) is 0.266. The van der Waals surface area contributed by atoms with Gasteiger partial charge in [-0.2, -0.15) is 18.5 Å². The Morgan fingerprint density at radius 1 is 1.00 bits per heavy atom. The van der Waals surface area contributed by atoms with E-state index in [-0.39, 0.29) is 48.4 Å². The van der Waals surface area contributed by atoms with Crippen LogP contribution in [0, 0.1) is 0 Å². The zero-order valence-electron chi connectivity index (χ0n) is 21.8. The third kappa shape index (κ3) is 4.75. The Bertz CT molecular complexity index is 1620. The van der Waals surface area contributed by atoms with Gasteiger partial charge in [0.1, 0.15) is 17.6 Å². The van der Waals surface area contributed by atoms with Crippen molar-refractivity contribution < 1.29 is 14.3 Å². The Hall–Kier alpha value is -3.54. The van der Waals surface area contributed by atoms with Crippen LogP contribution in [-0.2, 0) is 7.05 Å². The van der Waals surface area contributed by atoms with E-state index in [1.807, 2.05) is 30.5 Å². The van der Waals surface area contributed by atoms with Gasteiger partial charge in [0.25, 0.3) is 11.5 Å². The molecule has 13 heteroatoms. The Morgan fingerprint density at radius 3 is 2.31 bits per heavy atom. The van der Waals surface area contributed by atoms with Crippen molar-refractivity contribution in [1.29, 1.82) is 0 Å². The van der Waals surface area contributed by atoms with Crippen molar-refractivity contribution in [3.8, 4) is 23.3 Å². The van der Waals surface area contributed by atoms with Crippen molar-refractivity contribution in [1.82, 2.24) is 24.1 Å². The fourth-order valence-corrected chi connectivity index (χ4v) is 5.09. The van der Waals surface area contributed by atoms with Crippen LogP contribution in [0.25, 0.3) is 11.4 Å². The van der Waals surface area contributed by atoms with Gasteiger partial charge < -0.3 is 18.6 Å². The molecule has 0 saturated carbocycles. The lowest BCUT2D eigenvalue weighted by molar-refractivity contribution is 0.0989. The van der Waals surface area contributed by atoms with E-state index < -0.39 is 11.9 Å². The van der Waals surface area contributed by atoms with Crippen molar-refractivity contribution in [3.05, 3.63) is 80.1 Å². The molecule has 1 atom stereocenters. The first kappa shape index (κ1) is 28.5. The average Bonchev–Trinajstić information content (AvgIpc) is 3.41. The zero-order chi connectivity index (χ0) is 27.3. The number of pyridine rings is 1. The number of ether oxygens (including phenoxy) is 2. The van der Waals surface area contributed by atoms with Crippen LogP contribution in [0.2, 0.25) is 10.0 Å². The van der Waals surface area contributed by atoms with Crippen molar-refractivity contribution in [2.45, 2.75) is 25.9 Å². The third-order valence-electron chi connectivity index (χ3n) is 6.33. The van der Waals surface area contributed by atoms with Gasteiger partial charge in [-0.15, -0.1) is 0 Å². The first-order valence-corrected chi connectivity index (χ1v) is 12.4. The first-order chi connectivity index (χ1) is 18.2. The van der Waals surface area contributed by atoms with Gasteiger partial charge in [-0.05, 0) is 37.6 Å². The molecule has 39 heavy (non-hydrogen) atoms. The van der Waals surface area contributed by atoms with E-state index in [1.165, 1.54) is 35.9 Å². The zero-order valence-corrected chi connectivity index (χ0v) is 24.3. The minimum Gasteiger partial charge on any atom is -0.480 e. The second kappa shape index (κ2) is 10.9. The van der Waals surface area contributed by atoms with Crippen molar-refractivity contribution >= 4 is 48.3 Å². The topological polar surface area (TPSA) is 104 Å². The number of aryl methyl sites for hydroxylation is 1. The van der Waals surface area contributed by atoms with Crippen molar-refractivity contribution in [2.75, 3.05) is 19.1 Å². The summed E-state index contributed by atoms with van der Waals surface area (Å²) in [7, 11) is 4.53. The number of carbonyl (C=O) groups is 1. The maximum Gasteiger partial charge on any atom is 0.319 e. The van der Waals surface area contributed by atoms with Crippen LogP contribution in [0.3, 0.4) is 0 Å². The van der Waals surface area contributed by atoms with E-state index >= 15 is 0 Å². The molecular weight excluding hydrogens is 563 g/mol. The summed E-state index contributed by atoms with van der Waals surface area (Å²) in [5, 5.41) is 0.864. The number of carbonyl (C=O) groups excluding carboxylic acids is 1. The van der Waals surface area contributed by atoms with E-state index in [4.69, 9.17) is 37.7 Å². The van der Waals surface area contributed by atoms with Crippen LogP contribution < -0.4 is 19.9 Å². The minimum absolute atomic E-state index is 0. The van der Waals surface area contributed by atoms with Crippen LogP contribution in [0.4, 0.5) is 5.69 Å². The number of anilines is 1. The summed E-state index contributed by atoms with van der Waals surface area (Å²) in [6.45, 7) is 3.96. The van der Waals surface area contributed by atoms with Gasteiger partial charge in [0.2, 0.25) is 5.88 Å². The van der Waals surface area contributed by atoms with E-state index in [2.05, 4.69) is 9.97 Å². The van der Waals surface area contributed by atoms with Crippen LogP contribution >= 0.6 is 36.7 Å². The second-order valence-electron chi connectivity index (χ2n) is 9.00. The van der Waals surface area contributed by atoms with Crippen LogP contribution in [-0.4, -0.2) is 44.2 Å². The lowest BCUT2D eigenvalue weighted by atomic mass is 10.0. The predicted molar refractivity (Wildman–Crippen MR) is 154 cm³/mol. The lowest BCUT2D eigenvalue weighted by Crippen LogP contribution is -2.36. The molecule has 0 bridgehead atoms. The lowest BCUT2D eigenvalue weighted by Gasteiger charge is -2.28. The largest absolute Gasteiger partial charge is 0.480 e. The Kier molecular flexibility index (Phi) is 7.97. The maximum absolute atomic E-state index is 14.0. The molecule has 3 aromatic heterocycles. The molecule has 0 saturated heterocycles. The van der Waals surface area contributed by atoms with Gasteiger partial charge in [0.15, 0.2) is 5.69 Å². The van der Waals surface area contributed by atoms with Crippen molar-refractivity contribution in [2.24, 2.45) is 7.05 Å². The van der Waals surface area contributed by atoms with Crippen LogP contribution in [0.1, 0.15) is 47.7 Å². The molecule has 10 nitrogen and oxygen atoms in total. The number of hydrogen-bond acceptors (Lipinski definition) is 7. The molecule has 5 rings (SSSR count). The molecule has 1 aliphatic rings. The summed E-state index contributed by atoms with van der Waals surface area (Å²) in [4.78, 5) is 42.0. The standard InChI is InChI=1S/C26H24Cl2N6O4.H2S/c1-13(2)33-21-19(30-22(33)17-11-29-26(38-5)31-23(17)37-4)25(36)34(18-10-16(28)12-32(3)24(18)35)20(21)14-6-8-15(27)9-7-14;/h6-13,20H,1-5H3;1H2/t20-;/m0./s1. The van der Waals surface area contributed by atoms with E-state index in [0.29, 0.717) is 27.1 Å². The average molecular weight is 590 g/mol.